The van der Waals surface area contributed by atoms with E-state index in [-0.39, 0.29) is 55.1 Å². The van der Waals surface area contributed by atoms with Gasteiger partial charge in [-0.1, -0.05) is 12.1 Å². The van der Waals surface area contributed by atoms with Gasteiger partial charge in [0, 0.05) is 31.7 Å². The highest BCUT2D eigenvalue weighted by atomic mass is 32.2. The van der Waals surface area contributed by atoms with Gasteiger partial charge in [-0.3, -0.25) is 19.3 Å². The van der Waals surface area contributed by atoms with Crippen molar-refractivity contribution in [2.45, 2.75) is 24.3 Å². The first kappa shape index (κ1) is 22.3. The molecule has 2 aliphatic heterocycles. The number of ketones is 1. The summed E-state index contributed by atoms with van der Waals surface area (Å²) in [5, 5.41) is 0. The summed E-state index contributed by atoms with van der Waals surface area (Å²) in [7, 11) is -3.99. The molecule has 2 heterocycles. The zero-order chi connectivity index (χ0) is 23.0. The van der Waals surface area contributed by atoms with Gasteiger partial charge in [-0.05, 0) is 43.3 Å². The van der Waals surface area contributed by atoms with Crippen LogP contribution in [0.2, 0.25) is 0 Å². The number of hydrogen-bond donors (Lipinski definition) is 0. The normalized spacial score (nSPS) is 20.7. The van der Waals surface area contributed by atoms with Crippen LogP contribution in [-0.4, -0.2) is 67.4 Å². The Balaban J connectivity index is 1.45. The van der Waals surface area contributed by atoms with Crippen molar-refractivity contribution in [1.29, 1.82) is 0 Å². The molecule has 0 radical (unpaired) electrons. The fourth-order valence-corrected chi connectivity index (χ4v) is 5.55. The lowest BCUT2D eigenvalue weighted by molar-refractivity contribution is -0.123. The van der Waals surface area contributed by atoms with E-state index in [4.69, 9.17) is 0 Å². The average molecular weight is 459 g/mol. The predicted molar refractivity (Wildman–Crippen MR) is 114 cm³/mol. The van der Waals surface area contributed by atoms with Crippen LogP contribution >= 0.6 is 0 Å². The zero-order valence-corrected chi connectivity index (χ0v) is 18.2. The van der Waals surface area contributed by atoms with Crippen LogP contribution in [0.5, 0.6) is 0 Å². The van der Waals surface area contributed by atoms with Crippen molar-refractivity contribution >= 4 is 33.3 Å². The van der Waals surface area contributed by atoms with Crippen LogP contribution < -0.4 is 4.90 Å². The van der Waals surface area contributed by atoms with Crippen LogP contribution in [0.4, 0.5) is 10.1 Å². The summed E-state index contributed by atoms with van der Waals surface area (Å²) in [4.78, 5) is 39.5. The summed E-state index contributed by atoms with van der Waals surface area (Å²) >= 11 is 0. The highest BCUT2D eigenvalue weighted by Crippen LogP contribution is 2.28. The summed E-state index contributed by atoms with van der Waals surface area (Å²) in [6.07, 6.45) is -0.00659. The summed E-state index contributed by atoms with van der Waals surface area (Å²) < 4.78 is 40.8. The minimum absolute atomic E-state index is 0.00659. The van der Waals surface area contributed by atoms with Crippen molar-refractivity contribution in [3.63, 3.8) is 0 Å². The molecule has 0 spiro atoms. The molecule has 2 amide bonds. The largest absolute Gasteiger partial charge is 0.295 e. The van der Waals surface area contributed by atoms with Crippen molar-refractivity contribution in [1.82, 2.24) is 9.21 Å². The number of piperazine rings is 1. The van der Waals surface area contributed by atoms with E-state index in [0.717, 1.165) is 11.0 Å². The van der Waals surface area contributed by atoms with Crippen LogP contribution in [0.3, 0.4) is 0 Å². The van der Waals surface area contributed by atoms with E-state index >= 15 is 0 Å². The molecule has 2 aromatic rings. The Labute approximate surface area is 185 Å². The van der Waals surface area contributed by atoms with Crippen LogP contribution in [0.1, 0.15) is 23.7 Å². The number of carbonyl (C=O) groups excluding carboxylic acids is 3. The number of Topliss-reactive ketones (excluding diaryl/α,β-unsaturated/α-hetero) is 1. The van der Waals surface area contributed by atoms with Crippen LogP contribution in [0, 0.1) is 5.82 Å². The first-order chi connectivity index (χ1) is 15.2. The maximum Gasteiger partial charge on any atom is 0.251 e. The van der Waals surface area contributed by atoms with Crippen LogP contribution in [0.25, 0.3) is 0 Å². The molecule has 168 valence electrons. The molecule has 0 aromatic heterocycles. The van der Waals surface area contributed by atoms with Gasteiger partial charge in [0.25, 0.3) is 5.91 Å². The number of amides is 2. The lowest BCUT2D eigenvalue weighted by atomic mass is 10.1. The van der Waals surface area contributed by atoms with E-state index < -0.39 is 21.9 Å². The van der Waals surface area contributed by atoms with Crippen molar-refractivity contribution in [3.05, 3.63) is 59.9 Å². The standard InChI is InChI=1S/C22H22FN3O5S/c1-15(27)16-6-8-17(9-7-16)26-21(28)14-19(22(26)29)24-10-12-25(13-11-24)32(30,31)20-5-3-2-4-18(20)23/h2-9,19H,10-14H2,1H3. The minimum atomic E-state index is -3.99. The van der Waals surface area contributed by atoms with Gasteiger partial charge in [-0.15, -0.1) is 0 Å². The molecular formula is C22H22FN3O5S. The maximum absolute atomic E-state index is 14.0. The molecule has 2 saturated heterocycles. The Hall–Kier alpha value is -2.95. The van der Waals surface area contributed by atoms with E-state index in [1.807, 2.05) is 0 Å². The number of imide groups is 1. The number of carbonyl (C=O) groups is 3. The molecule has 0 saturated carbocycles. The van der Waals surface area contributed by atoms with E-state index in [2.05, 4.69) is 0 Å². The smallest absolute Gasteiger partial charge is 0.251 e. The third kappa shape index (κ3) is 3.96. The number of anilines is 1. The number of halogens is 1. The molecule has 8 nitrogen and oxygen atoms in total. The number of nitrogens with zero attached hydrogens (tertiary/aromatic N) is 3. The van der Waals surface area contributed by atoms with Crippen molar-refractivity contribution in [3.8, 4) is 0 Å². The molecular weight excluding hydrogens is 437 g/mol. The van der Waals surface area contributed by atoms with Gasteiger partial charge in [0.15, 0.2) is 5.78 Å². The van der Waals surface area contributed by atoms with E-state index in [9.17, 15) is 27.2 Å². The molecule has 2 fully saturated rings. The molecule has 0 N–H and O–H groups in total. The average Bonchev–Trinajstić information content (AvgIpc) is 3.08. The SMILES string of the molecule is CC(=O)c1ccc(N2C(=O)CC(N3CCN(S(=O)(=O)c4ccccc4F)CC3)C2=O)cc1. The third-order valence-electron chi connectivity index (χ3n) is 5.82. The van der Waals surface area contributed by atoms with E-state index in [0.29, 0.717) is 11.3 Å². The van der Waals surface area contributed by atoms with Gasteiger partial charge in [-0.2, -0.15) is 4.31 Å². The molecule has 1 unspecified atom stereocenters. The van der Waals surface area contributed by atoms with Gasteiger partial charge in [0.2, 0.25) is 15.9 Å². The molecule has 4 rings (SSSR count). The van der Waals surface area contributed by atoms with Crippen molar-refractivity contribution in [2.75, 3.05) is 31.1 Å². The number of rotatable bonds is 5. The molecule has 2 aromatic carbocycles. The lowest BCUT2D eigenvalue weighted by Gasteiger charge is -2.36. The molecule has 10 heteroatoms. The van der Waals surface area contributed by atoms with Crippen molar-refractivity contribution in [2.24, 2.45) is 0 Å². The maximum atomic E-state index is 14.0. The quantitative estimate of drug-likeness (QED) is 0.499. The number of sulfonamides is 1. The first-order valence-electron chi connectivity index (χ1n) is 10.2. The zero-order valence-electron chi connectivity index (χ0n) is 17.4. The first-order valence-corrected chi connectivity index (χ1v) is 11.6. The summed E-state index contributed by atoms with van der Waals surface area (Å²) in [5.41, 5.74) is 0.879. The minimum Gasteiger partial charge on any atom is -0.295 e. The predicted octanol–water partition coefficient (Wildman–Crippen LogP) is 1.67. The fraction of sp³-hybridized carbons (Fsp3) is 0.318. The highest BCUT2D eigenvalue weighted by molar-refractivity contribution is 7.89. The van der Waals surface area contributed by atoms with E-state index in [1.54, 1.807) is 29.2 Å². The third-order valence-corrected chi connectivity index (χ3v) is 7.76. The summed E-state index contributed by atoms with van der Waals surface area (Å²) in [5.74, 6) is -1.65. The summed E-state index contributed by atoms with van der Waals surface area (Å²) in [6.45, 7) is 2.09. The highest BCUT2D eigenvalue weighted by Gasteiger charge is 2.44. The number of benzene rings is 2. The molecule has 2 aliphatic rings. The molecule has 0 aliphatic carbocycles. The topological polar surface area (TPSA) is 95.1 Å². The molecule has 1 atom stereocenters. The van der Waals surface area contributed by atoms with Crippen molar-refractivity contribution < 1.29 is 27.2 Å². The lowest BCUT2D eigenvalue weighted by Crippen LogP contribution is -2.53. The van der Waals surface area contributed by atoms with E-state index in [1.165, 1.54) is 29.4 Å². The summed E-state index contributed by atoms with van der Waals surface area (Å²) in [6, 6.07) is 10.8. The monoisotopic (exact) mass is 459 g/mol. The Kier molecular flexibility index (Phi) is 5.93. The van der Waals surface area contributed by atoms with Gasteiger partial charge in [-0.25, -0.2) is 17.7 Å². The van der Waals surface area contributed by atoms with Crippen LogP contribution in [0.15, 0.2) is 53.4 Å². The fourth-order valence-electron chi connectivity index (χ4n) is 4.07. The second-order valence-corrected chi connectivity index (χ2v) is 9.67. The number of hydrogen-bond acceptors (Lipinski definition) is 6. The molecule has 0 bridgehead atoms. The van der Waals surface area contributed by atoms with Gasteiger partial charge >= 0.3 is 0 Å². The van der Waals surface area contributed by atoms with Crippen LogP contribution in [-0.2, 0) is 19.6 Å². The van der Waals surface area contributed by atoms with Gasteiger partial charge < -0.3 is 0 Å². The Morgan fingerprint density at radius 3 is 2.19 bits per heavy atom. The van der Waals surface area contributed by atoms with Gasteiger partial charge in [0.1, 0.15) is 10.7 Å². The second kappa shape index (κ2) is 8.53. The molecule has 32 heavy (non-hydrogen) atoms. The second-order valence-electron chi connectivity index (χ2n) is 7.76. The Morgan fingerprint density at radius 1 is 0.969 bits per heavy atom. The Morgan fingerprint density at radius 2 is 1.59 bits per heavy atom. The Bertz CT molecular complexity index is 1170. The van der Waals surface area contributed by atoms with Gasteiger partial charge in [0.05, 0.1) is 18.2 Å².